The standard InChI is InChI=1S/C30H27NO2/c1-22(23-13-15-25(16-14-23)24-9-5-3-6-10-24)21-29(32)31-30(26-11-7-4-8-12-26)27-17-19-28(33-2)20-18-27/h3-21,30H,1-2H3,(H,31,32)/b22-21+/t30-/m0/s1. The quantitative estimate of drug-likeness (QED) is 0.331. The Kier molecular flexibility index (Phi) is 7.01. The third kappa shape index (κ3) is 5.58. The molecule has 0 fully saturated rings. The number of benzene rings is 4. The highest BCUT2D eigenvalue weighted by molar-refractivity contribution is 5.95. The van der Waals surface area contributed by atoms with Crippen molar-refractivity contribution in [3.63, 3.8) is 0 Å². The zero-order chi connectivity index (χ0) is 23.0. The molecule has 4 aromatic rings. The lowest BCUT2D eigenvalue weighted by atomic mass is 9.98. The van der Waals surface area contributed by atoms with Gasteiger partial charge in [0.1, 0.15) is 5.75 Å². The summed E-state index contributed by atoms with van der Waals surface area (Å²) in [5, 5.41) is 3.17. The molecule has 0 aliphatic carbocycles. The normalized spacial score (nSPS) is 12.1. The fourth-order valence-electron chi connectivity index (χ4n) is 3.82. The van der Waals surface area contributed by atoms with Crippen molar-refractivity contribution in [2.75, 3.05) is 7.11 Å². The highest BCUT2D eigenvalue weighted by Gasteiger charge is 2.16. The second-order valence-electron chi connectivity index (χ2n) is 7.90. The molecule has 0 heterocycles. The first-order valence-electron chi connectivity index (χ1n) is 11.0. The van der Waals surface area contributed by atoms with Crippen LogP contribution >= 0.6 is 0 Å². The van der Waals surface area contributed by atoms with Crippen LogP contribution in [0, 0.1) is 0 Å². The van der Waals surface area contributed by atoms with E-state index in [-0.39, 0.29) is 11.9 Å². The van der Waals surface area contributed by atoms with Gasteiger partial charge in [0.25, 0.3) is 0 Å². The van der Waals surface area contributed by atoms with Crippen LogP contribution in [0.2, 0.25) is 0 Å². The number of ether oxygens (including phenoxy) is 1. The predicted octanol–water partition coefficient (Wildman–Crippen LogP) is 6.67. The molecule has 0 aliphatic heterocycles. The summed E-state index contributed by atoms with van der Waals surface area (Å²) in [6.07, 6.45) is 1.66. The number of amides is 1. The van der Waals surface area contributed by atoms with Gasteiger partial charge in [-0.1, -0.05) is 97.1 Å². The number of hydrogen-bond acceptors (Lipinski definition) is 2. The van der Waals surface area contributed by atoms with Gasteiger partial charge in [-0.05, 0) is 52.4 Å². The van der Waals surface area contributed by atoms with Crippen LogP contribution < -0.4 is 10.1 Å². The Morgan fingerprint density at radius 3 is 1.88 bits per heavy atom. The smallest absolute Gasteiger partial charge is 0.245 e. The fraction of sp³-hybridized carbons (Fsp3) is 0.100. The van der Waals surface area contributed by atoms with Gasteiger partial charge in [-0.3, -0.25) is 4.79 Å². The summed E-state index contributed by atoms with van der Waals surface area (Å²) in [4.78, 5) is 13.0. The molecular formula is C30H27NO2. The molecule has 0 saturated carbocycles. The number of nitrogens with one attached hydrogen (secondary N) is 1. The Bertz CT molecular complexity index is 1210. The van der Waals surface area contributed by atoms with Crippen molar-refractivity contribution < 1.29 is 9.53 Å². The maximum atomic E-state index is 13.0. The monoisotopic (exact) mass is 433 g/mol. The van der Waals surface area contributed by atoms with Gasteiger partial charge >= 0.3 is 0 Å². The first-order chi connectivity index (χ1) is 16.1. The first-order valence-corrected chi connectivity index (χ1v) is 11.0. The van der Waals surface area contributed by atoms with Crippen LogP contribution in [0.5, 0.6) is 5.75 Å². The number of carbonyl (C=O) groups is 1. The molecule has 4 aromatic carbocycles. The van der Waals surface area contributed by atoms with Crippen LogP contribution in [-0.2, 0) is 4.79 Å². The summed E-state index contributed by atoms with van der Waals surface area (Å²) in [5.74, 6) is 0.649. The molecule has 0 radical (unpaired) electrons. The molecule has 0 aliphatic rings. The van der Waals surface area contributed by atoms with E-state index >= 15 is 0 Å². The van der Waals surface area contributed by atoms with Crippen LogP contribution in [0.15, 0.2) is 115 Å². The second-order valence-corrected chi connectivity index (χ2v) is 7.90. The average molecular weight is 434 g/mol. The van der Waals surface area contributed by atoms with Gasteiger partial charge in [0.15, 0.2) is 0 Å². The lowest BCUT2D eigenvalue weighted by molar-refractivity contribution is -0.116. The Hall–Kier alpha value is -4.11. The zero-order valence-electron chi connectivity index (χ0n) is 18.9. The van der Waals surface area contributed by atoms with E-state index < -0.39 is 0 Å². The lowest BCUT2D eigenvalue weighted by Gasteiger charge is -2.19. The van der Waals surface area contributed by atoms with Crippen molar-refractivity contribution in [1.29, 1.82) is 0 Å². The van der Waals surface area contributed by atoms with Crippen molar-refractivity contribution >= 4 is 11.5 Å². The highest BCUT2D eigenvalue weighted by atomic mass is 16.5. The van der Waals surface area contributed by atoms with E-state index in [4.69, 9.17) is 4.74 Å². The van der Waals surface area contributed by atoms with E-state index in [2.05, 4.69) is 41.7 Å². The van der Waals surface area contributed by atoms with E-state index in [1.54, 1.807) is 13.2 Å². The molecule has 0 aromatic heterocycles. The summed E-state index contributed by atoms with van der Waals surface area (Å²) in [6, 6.07) is 36.0. The molecule has 1 atom stereocenters. The molecule has 1 N–H and O–H groups in total. The summed E-state index contributed by atoms with van der Waals surface area (Å²) in [6.45, 7) is 1.96. The Morgan fingerprint density at radius 2 is 1.27 bits per heavy atom. The third-order valence-corrected chi connectivity index (χ3v) is 5.66. The molecule has 0 spiro atoms. The van der Waals surface area contributed by atoms with Crippen molar-refractivity contribution in [2.45, 2.75) is 13.0 Å². The number of carbonyl (C=O) groups excluding carboxylic acids is 1. The van der Waals surface area contributed by atoms with Crippen LogP contribution in [0.4, 0.5) is 0 Å². The first kappa shape index (κ1) is 22.1. The minimum absolute atomic E-state index is 0.135. The van der Waals surface area contributed by atoms with Crippen molar-refractivity contribution in [3.05, 3.63) is 132 Å². The molecule has 3 heteroatoms. The summed E-state index contributed by atoms with van der Waals surface area (Å²) in [7, 11) is 1.64. The maximum Gasteiger partial charge on any atom is 0.245 e. The van der Waals surface area contributed by atoms with Gasteiger partial charge in [-0.15, -0.1) is 0 Å². The topological polar surface area (TPSA) is 38.3 Å². The lowest BCUT2D eigenvalue weighted by Crippen LogP contribution is -2.28. The van der Waals surface area contributed by atoms with Gasteiger partial charge in [0.05, 0.1) is 13.2 Å². The van der Waals surface area contributed by atoms with Crippen LogP contribution in [0.1, 0.15) is 29.7 Å². The number of methoxy groups -OCH3 is 1. The summed E-state index contributed by atoms with van der Waals surface area (Å²) in [5.41, 5.74) is 6.27. The number of rotatable bonds is 7. The molecule has 3 nitrogen and oxygen atoms in total. The van der Waals surface area contributed by atoms with Crippen molar-refractivity contribution in [1.82, 2.24) is 5.32 Å². The zero-order valence-corrected chi connectivity index (χ0v) is 18.9. The Balaban J connectivity index is 1.53. The van der Waals surface area contributed by atoms with Crippen molar-refractivity contribution in [2.24, 2.45) is 0 Å². The van der Waals surface area contributed by atoms with E-state index in [1.165, 1.54) is 5.56 Å². The average Bonchev–Trinajstić information content (AvgIpc) is 2.88. The van der Waals surface area contributed by atoms with Gasteiger partial charge < -0.3 is 10.1 Å². The van der Waals surface area contributed by atoms with Gasteiger partial charge in [-0.2, -0.15) is 0 Å². The molecule has 4 rings (SSSR count). The number of hydrogen-bond donors (Lipinski definition) is 1. The minimum atomic E-state index is -0.255. The van der Waals surface area contributed by atoms with Gasteiger partial charge in [0, 0.05) is 6.08 Å². The molecule has 0 unspecified atom stereocenters. The third-order valence-electron chi connectivity index (χ3n) is 5.66. The summed E-state index contributed by atoms with van der Waals surface area (Å²) >= 11 is 0. The highest BCUT2D eigenvalue weighted by Crippen LogP contribution is 2.25. The molecule has 0 saturated heterocycles. The van der Waals surface area contributed by atoms with Crippen LogP contribution in [0.3, 0.4) is 0 Å². The largest absolute Gasteiger partial charge is 0.497 e. The molecule has 0 bridgehead atoms. The Labute approximate surface area is 195 Å². The van der Waals surface area contributed by atoms with Gasteiger partial charge in [0.2, 0.25) is 5.91 Å². The SMILES string of the molecule is COc1ccc([C@@H](NC(=O)/C=C(\C)c2ccc(-c3ccccc3)cc2)c2ccccc2)cc1. The molecular weight excluding hydrogens is 406 g/mol. The molecule has 164 valence electrons. The molecule has 33 heavy (non-hydrogen) atoms. The second kappa shape index (κ2) is 10.5. The van der Waals surface area contributed by atoms with E-state index in [0.717, 1.165) is 33.6 Å². The van der Waals surface area contributed by atoms with Crippen molar-refractivity contribution in [3.8, 4) is 16.9 Å². The fourth-order valence-corrected chi connectivity index (χ4v) is 3.82. The Morgan fingerprint density at radius 1 is 0.727 bits per heavy atom. The number of allylic oxidation sites excluding steroid dienone is 1. The van der Waals surface area contributed by atoms with Crippen LogP contribution in [-0.4, -0.2) is 13.0 Å². The predicted molar refractivity (Wildman–Crippen MR) is 135 cm³/mol. The van der Waals surface area contributed by atoms with E-state index in [9.17, 15) is 4.79 Å². The van der Waals surface area contributed by atoms with Crippen LogP contribution in [0.25, 0.3) is 16.7 Å². The summed E-state index contributed by atoms with van der Waals surface area (Å²) < 4.78 is 5.28. The molecule has 1 amide bonds. The van der Waals surface area contributed by atoms with E-state index in [0.29, 0.717) is 0 Å². The maximum absolute atomic E-state index is 13.0. The minimum Gasteiger partial charge on any atom is -0.497 e. The van der Waals surface area contributed by atoms with Gasteiger partial charge in [-0.25, -0.2) is 0 Å². The van der Waals surface area contributed by atoms with E-state index in [1.807, 2.05) is 79.7 Å².